The minimum absolute atomic E-state index is 0.0626. The quantitative estimate of drug-likeness (QED) is 0.0642. The van der Waals surface area contributed by atoms with Crippen LogP contribution in [0.4, 0.5) is 5.69 Å². The zero-order valence-corrected chi connectivity index (χ0v) is 24.2. The van der Waals surface area contributed by atoms with Gasteiger partial charge in [0.15, 0.2) is 0 Å². The number of unbranched alkanes of at least 4 members (excludes halogenated alkanes) is 1. The van der Waals surface area contributed by atoms with E-state index in [1.165, 1.54) is 54.7 Å². The van der Waals surface area contributed by atoms with Crippen molar-refractivity contribution in [2.24, 2.45) is 5.10 Å². The number of hydrogen-bond acceptors (Lipinski definition) is 7. The molecule has 0 saturated carbocycles. The summed E-state index contributed by atoms with van der Waals surface area (Å²) < 4.78 is 38.5. The van der Waals surface area contributed by atoms with E-state index in [0.717, 1.165) is 12.8 Å². The van der Waals surface area contributed by atoms with E-state index in [2.05, 4.69) is 22.2 Å². The number of nitrogens with one attached hydrogen (secondary N) is 2. The zero-order chi connectivity index (χ0) is 30.0. The van der Waals surface area contributed by atoms with Gasteiger partial charge >= 0.3 is 5.97 Å². The molecule has 0 heterocycles. The van der Waals surface area contributed by atoms with Crippen LogP contribution in [0.25, 0.3) is 0 Å². The Morgan fingerprint density at radius 3 is 2.10 bits per heavy atom. The molecular formula is C31H28ClN3O6S. The molecule has 0 fully saturated rings. The number of amides is 1. The van der Waals surface area contributed by atoms with E-state index < -0.39 is 21.9 Å². The SMILES string of the molecule is CCCCOc1ccc(C(=O)Oc2ccc(C=NNC(=O)c3ccc(NS(=O)(=O)c4ccc(Cl)cc4)cc3)cc2)cc1. The van der Waals surface area contributed by atoms with Gasteiger partial charge in [-0.25, -0.2) is 18.6 Å². The summed E-state index contributed by atoms with van der Waals surface area (Å²) in [6, 6.07) is 25.0. The van der Waals surface area contributed by atoms with Gasteiger partial charge in [0, 0.05) is 16.3 Å². The number of benzene rings is 4. The summed E-state index contributed by atoms with van der Waals surface area (Å²) in [7, 11) is -3.80. The average Bonchev–Trinajstić information content (AvgIpc) is 2.99. The van der Waals surface area contributed by atoms with Gasteiger partial charge in [-0.2, -0.15) is 5.10 Å². The minimum atomic E-state index is -3.80. The molecular weight excluding hydrogens is 578 g/mol. The summed E-state index contributed by atoms with van der Waals surface area (Å²) in [6.45, 7) is 2.72. The first-order valence-electron chi connectivity index (χ1n) is 13.0. The van der Waals surface area contributed by atoms with Crippen molar-refractivity contribution < 1.29 is 27.5 Å². The van der Waals surface area contributed by atoms with Crippen LogP contribution in [0.15, 0.2) is 107 Å². The van der Waals surface area contributed by atoms with Crippen LogP contribution in [-0.2, 0) is 10.0 Å². The number of ether oxygens (including phenoxy) is 2. The van der Waals surface area contributed by atoms with Crippen molar-refractivity contribution in [2.75, 3.05) is 11.3 Å². The van der Waals surface area contributed by atoms with Crippen molar-refractivity contribution in [2.45, 2.75) is 24.7 Å². The number of hydrogen-bond donors (Lipinski definition) is 2. The molecule has 0 saturated heterocycles. The smallest absolute Gasteiger partial charge is 0.343 e. The van der Waals surface area contributed by atoms with Crippen molar-refractivity contribution in [3.63, 3.8) is 0 Å². The summed E-state index contributed by atoms with van der Waals surface area (Å²) in [5.74, 6) is 0.0833. The molecule has 216 valence electrons. The standard InChI is InChI=1S/C31H28ClN3O6S/c1-2-3-20-40-27-16-8-24(9-17-27)31(37)41-28-14-4-22(5-15-28)21-33-34-30(36)23-6-12-26(13-7-23)35-42(38,39)29-18-10-25(32)11-19-29/h4-19,21,35H,2-3,20H2,1H3,(H,34,36). The lowest BCUT2D eigenvalue weighted by Crippen LogP contribution is -2.18. The highest BCUT2D eigenvalue weighted by atomic mass is 35.5. The Balaban J connectivity index is 1.26. The van der Waals surface area contributed by atoms with Crippen LogP contribution in [0.2, 0.25) is 5.02 Å². The van der Waals surface area contributed by atoms with Crippen LogP contribution in [0.1, 0.15) is 46.0 Å². The molecule has 42 heavy (non-hydrogen) atoms. The molecule has 4 aromatic carbocycles. The van der Waals surface area contributed by atoms with Crippen molar-refractivity contribution >= 4 is 45.4 Å². The molecule has 1 amide bonds. The molecule has 0 aliphatic heterocycles. The van der Waals surface area contributed by atoms with Crippen LogP contribution in [0.3, 0.4) is 0 Å². The van der Waals surface area contributed by atoms with Crippen LogP contribution >= 0.6 is 11.6 Å². The maximum atomic E-state index is 12.5. The number of halogens is 1. The Morgan fingerprint density at radius 2 is 1.45 bits per heavy atom. The van der Waals surface area contributed by atoms with E-state index in [1.54, 1.807) is 48.5 Å². The summed E-state index contributed by atoms with van der Waals surface area (Å²) >= 11 is 5.82. The Labute approximate surface area is 249 Å². The largest absolute Gasteiger partial charge is 0.494 e. The third-order valence-corrected chi connectivity index (χ3v) is 7.50. The Hall–Kier alpha value is -4.67. The Morgan fingerprint density at radius 1 is 0.833 bits per heavy atom. The molecule has 0 radical (unpaired) electrons. The van der Waals surface area contributed by atoms with Crippen molar-refractivity contribution in [3.8, 4) is 11.5 Å². The Bertz CT molecular complexity index is 1640. The summed E-state index contributed by atoms with van der Waals surface area (Å²) in [5.41, 5.74) is 4.06. The number of carbonyl (C=O) groups is 2. The monoisotopic (exact) mass is 605 g/mol. The summed E-state index contributed by atoms with van der Waals surface area (Å²) in [6.07, 6.45) is 3.45. The van der Waals surface area contributed by atoms with Crippen LogP contribution in [0.5, 0.6) is 11.5 Å². The molecule has 4 rings (SSSR count). The topological polar surface area (TPSA) is 123 Å². The van der Waals surface area contributed by atoms with Crippen molar-refractivity contribution in [1.29, 1.82) is 0 Å². The van der Waals surface area contributed by atoms with Gasteiger partial charge < -0.3 is 9.47 Å². The molecule has 0 spiro atoms. The molecule has 2 N–H and O–H groups in total. The van der Waals surface area contributed by atoms with E-state index in [9.17, 15) is 18.0 Å². The Kier molecular flexibility index (Phi) is 10.3. The lowest BCUT2D eigenvalue weighted by atomic mass is 10.2. The fraction of sp³-hybridized carbons (Fsp3) is 0.129. The minimum Gasteiger partial charge on any atom is -0.494 e. The van der Waals surface area contributed by atoms with Crippen LogP contribution in [0, 0.1) is 0 Å². The van der Waals surface area contributed by atoms with Gasteiger partial charge in [-0.3, -0.25) is 9.52 Å². The maximum absolute atomic E-state index is 12.5. The predicted octanol–water partition coefficient (Wildman–Crippen LogP) is 6.30. The van der Waals surface area contributed by atoms with E-state index >= 15 is 0 Å². The second kappa shape index (κ2) is 14.3. The highest BCUT2D eigenvalue weighted by Gasteiger charge is 2.14. The first-order valence-corrected chi connectivity index (χ1v) is 14.9. The number of esters is 1. The molecule has 0 aliphatic rings. The van der Waals surface area contributed by atoms with Crippen LogP contribution in [-0.4, -0.2) is 33.1 Å². The molecule has 0 unspecified atom stereocenters. The van der Waals surface area contributed by atoms with E-state index in [0.29, 0.717) is 39.9 Å². The van der Waals surface area contributed by atoms with Gasteiger partial charge in [-0.05, 0) is 109 Å². The number of sulfonamides is 1. The van der Waals surface area contributed by atoms with E-state index in [4.69, 9.17) is 21.1 Å². The van der Waals surface area contributed by atoms with Crippen molar-refractivity contribution in [3.05, 3.63) is 119 Å². The summed E-state index contributed by atoms with van der Waals surface area (Å²) in [5, 5.41) is 4.38. The van der Waals surface area contributed by atoms with Crippen molar-refractivity contribution in [1.82, 2.24) is 5.43 Å². The fourth-order valence-corrected chi connectivity index (χ4v) is 4.74. The maximum Gasteiger partial charge on any atom is 0.343 e. The van der Waals surface area contributed by atoms with Gasteiger partial charge in [0.05, 0.1) is 23.3 Å². The third-order valence-electron chi connectivity index (χ3n) is 5.85. The number of anilines is 1. The lowest BCUT2D eigenvalue weighted by molar-refractivity contribution is 0.0734. The highest BCUT2D eigenvalue weighted by Crippen LogP contribution is 2.19. The number of carbonyl (C=O) groups excluding carboxylic acids is 2. The fourth-order valence-electron chi connectivity index (χ4n) is 3.56. The van der Waals surface area contributed by atoms with Gasteiger partial charge in [0.2, 0.25) is 0 Å². The van der Waals surface area contributed by atoms with Gasteiger partial charge in [-0.15, -0.1) is 0 Å². The molecule has 0 atom stereocenters. The number of hydrazone groups is 1. The van der Waals surface area contributed by atoms with Gasteiger partial charge in [0.25, 0.3) is 15.9 Å². The van der Waals surface area contributed by atoms with E-state index in [-0.39, 0.29) is 10.5 Å². The zero-order valence-electron chi connectivity index (χ0n) is 22.6. The number of rotatable bonds is 12. The molecule has 0 aliphatic carbocycles. The van der Waals surface area contributed by atoms with Gasteiger partial charge in [-0.1, -0.05) is 24.9 Å². The number of nitrogens with zero attached hydrogens (tertiary/aromatic N) is 1. The molecule has 0 bridgehead atoms. The normalized spacial score (nSPS) is 11.2. The second-order valence-corrected chi connectivity index (χ2v) is 11.1. The average molecular weight is 606 g/mol. The van der Waals surface area contributed by atoms with E-state index in [1.807, 2.05) is 0 Å². The second-order valence-electron chi connectivity index (χ2n) is 9.02. The van der Waals surface area contributed by atoms with Gasteiger partial charge in [0.1, 0.15) is 11.5 Å². The molecule has 9 nitrogen and oxygen atoms in total. The highest BCUT2D eigenvalue weighted by molar-refractivity contribution is 7.92. The first-order chi connectivity index (χ1) is 20.2. The summed E-state index contributed by atoms with van der Waals surface area (Å²) in [4.78, 5) is 24.9. The molecule has 4 aromatic rings. The third kappa shape index (κ3) is 8.66. The molecule has 11 heteroatoms. The predicted molar refractivity (Wildman–Crippen MR) is 162 cm³/mol. The first kappa shape index (κ1) is 30.3. The lowest BCUT2D eigenvalue weighted by Gasteiger charge is -2.09. The van der Waals surface area contributed by atoms with Crippen LogP contribution < -0.4 is 19.6 Å². The molecule has 0 aromatic heterocycles.